The predicted octanol–water partition coefficient (Wildman–Crippen LogP) is 3.18. The van der Waals surface area contributed by atoms with E-state index in [1.807, 2.05) is 18.7 Å². The minimum absolute atomic E-state index is 0. The van der Waals surface area contributed by atoms with Gasteiger partial charge in [0.2, 0.25) is 0 Å². The molecule has 0 radical (unpaired) electrons. The van der Waals surface area contributed by atoms with Crippen molar-refractivity contribution in [2.45, 2.75) is 19.4 Å². The predicted molar refractivity (Wildman–Crippen MR) is 115 cm³/mol. The molecule has 1 aliphatic heterocycles. The molecule has 0 amide bonds. The van der Waals surface area contributed by atoms with Gasteiger partial charge in [-0.1, -0.05) is 13.0 Å². The van der Waals surface area contributed by atoms with Crippen LogP contribution in [-0.2, 0) is 0 Å². The van der Waals surface area contributed by atoms with Crippen LogP contribution in [0.1, 0.15) is 19.4 Å². The van der Waals surface area contributed by atoms with Crippen molar-refractivity contribution in [3.63, 3.8) is 0 Å². The van der Waals surface area contributed by atoms with Gasteiger partial charge in [-0.2, -0.15) is 0 Å². The highest BCUT2D eigenvalue weighted by molar-refractivity contribution is 14.0. The van der Waals surface area contributed by atoms with E-state index < -0.39 is 0 Å². The topological polar surface area (TPSA) is 54.7 Å². The molecule has 2 heterocycles. The summed E-state index contributed by atoms with van der Waals surface area (Å²) >= 11 is 0. The smallest absolute Gasteiger partial charge is 0.193 e. The van der Waals surface area contributed by atoms with E-state index in [0.29, 0.717) is 30.9 Å². The van der Waals surface area contributed by atoms with Crippen LogP contribution in [0, 0.1) is 11.7 Å². The zero-order valence-corrected chi connectivity index (χ0v) is 18.0. The van der Waals surface area contributed by atoms with Crippen molar-refractivity contribution < 1.29 is 9.13 Å². The largest absolute Gasteiger partial charge is 0.492 e. The quantitative estimate of drug-likeness (QED) is 0.305. The third-order valence-electron chi connectivity index (χ3n) is 4.79. The molecule has 1 saturated heterocycles. The first-order chi connectivity index (χ1) is 12.7. The summed E-state index contributed by atoms with van der Waals surface area (Å²) in [5.74, 6) is 1.70. The van der Waals surface area contributed by atoms with Gasteiger partial charge in [0.15, 0.2) is 5.96 Å². The van der Waals surface area contributed by atoms with Gasteiger partial charge in [0, 0.05) is 38.6 Å². The molecule has 0 bridgehead atoms. The fraction of sp³-hybridized carbons (Fsp3) is 0.474. The normalized spacial score (nSPS) is 20.1. The summed E-state index contributed by atoms with van der Waals surface area (Å²) in [5, 5.41) is 3.34. The molecule has 1 fully saturated rings. The van der Waals surface area contributed by atoms with Crippen LogP contribution in [0.25, 0.3) is 0 Å². The number of piperidine rings is 1. The van der Waals surface area contributed by atoms with Crippen LogP contribution in [0.15, 0.2) is 48.0 Å². The summed E-state index contributed by atoms with van der Waals surface area (Å²) in [4.78, 5) is 10.8. The fourth-order valence-corrected chi connectivity index (χ4v) is 3.32. The minimum atomic E-state index is -0.292. The summed E-state index contributed by atoms with van der Waals surface area (Å²) in [7, 11) is 1.79. The monoisotopic (exact) mass is 487 g/mol. The maximum atomic E-state index is 13.2. The third kappa shape index (κ3) is 5.82. The Morgan fingerprint density at radius 3 is 3.00 bits per heavy atom. The minimum Gasteiger partial charge on any atom is -0.492 e. The van der Waals surface area contributed by atoms with Gasteiger partial charge < -0.3 is 19.5 Å². The average molecular weight is 487 g/mol. The number of likely N-dealkylation sites (tertiary alicyclic amines) is 1. The summed E-state index contributed by atoms with van der Waals surface area (Å²) in [6.07, 6.45) is 6.83. The molecule has 2 unspecified atom stereocenters. The van der Waals surface area contributed by atoms with E-state index >= 15 is 0 Å². The van der Waals surface area contributed by atoms with Gasteiger partial charge in [0.1, 0.15) is 18.2 Å². The molecule has 2 aromatic rings. The molecule has 0 saturated carbocycles. The van der Waals surface area contributed by atoms with E-state index in [2.05, 4.69) is 31.7 Å². The maximum Gasteiger partial charge on any atom is 0.193 e. The van der Waals surface area contributed by atoms with E-state index in [1.54, 1.807) is 19.2 Å². The molecule has 1 aromatic heterocycles. The van der Waals surface area contributed by atoms with Gasteiger partial charge in [0.25, 0.3) is 0 Å². The number of benzene rings is 1. The lowest BCUT2D eigenvalue weighted by Gasteiger charge is -2.39. The highest BCUT2D eigenvalue weighted by atomic mass is 127. The first-order valence-corrected chi connectivity index (χ1v) is 8.99. The number of ether oxygens (including phenoxy) is 1. The molecule has 148 valence electrons. The van der Waals surface area contributed by atoms with Gasteiger partial charge in [-0.15, -0.1) is 24.0 Å². The van der Waals surface area contributed by atoms with Gasteiger partial charge in [-0.25, -0.2) is 9.37 Å². The Morgan fingerprint density at radius 1 is 1.44 bits per heavy atom. The standard InChI is InChI=1S/C19H26FN5O.HI/c1-15-6-9-24(13-18(15)25-10-7-22-14-25)19(21-2)23-8-11-26-17-5-3-4-16(20)12-17;/h3-5,7,10,12,14-15,18H,6,8-9,11,13H2,1-2H3,(H,21,23);1H. The van der Waals surface area contributed by atoms with E-state index in [1.165, 1.54) is 12.1 Å². The van der Waals surface area contributed by atoms with E-state index in [4.69, 9.17) is 4.74 Å². The van der Waals surface area contributed by atoms with Crippen molar-refractivity contribution in [1.82, 2.24) is 19.8 Å². The van der Waals surface area contributed by atoms with Crippen LogP contribution in [0.4, 0.5) is 4.39 Å². The molecule has 8 heteroatoms. The molecular weight excluding hydrogens is 460 g/mol. The van der Waals surface area contributed by atoms with E-state index in [-0.39, 0.29) is 29.8 Å². The Labute approximate surface area is 176 Å². The van der Waals surface area contributed by atoms with Crippen molar-refractivity contribution in [1.29, 1.82) is 0 Å². The third-order valence-corrected chi connectivity index (χ3v) is 4.79. The summed E-state index contributed by atoms with van der Waals surface area (Å²) in [6, 6.07) is 6.56. The number of halogens is 2. The molecule has 0 spiro atoms. The number of rotatable bonds is 5. The van der Waals surface area contributed by atoms with Gasteiger partial charge >= 0.3 is 0 Å². The molecular formula is C19H27FIN5O. The van der Waals surface area contributed by atoms with Crippen molar-refractivity contribution in [2.75, 3.05) is 33.3 Å². The SMILES string of the molecule is CN=C(NCCOc1cccc(F)c1)N1CCC(C)C(n2ccnc2)C1.I. The number of imidazole rings is 1. The van der Waals surface area contributed by atoms with E-state index in [9.17, 15) is 4.39 Å². The number of hydrogen-bond donors (Lipinski definition) is 1. The lowest BCUT2D eigenvalue weighted by Crippen LogP contribution is -2.49. The van der Waals surface area contributed by atoms with Crippen LogP contribution in [0.5, 0.6) is 5.75 Å². The van der Waals surface area contributed by atoms with Crippen LogP contribution in [0.3, 0.4) is 0 Å². The summed E-state index contributed by atoms with van der Waals surface area (Å²) in [6.45, 7) is 5.19. The second kappa shape index (κ2) is 10.5. The number of aromatic nitrogens is 2. The zero-order chi connectivity index (χ0) is 18.4. The highest BCUT2D eigenvalue weighted by Crippen LogP contribution is 2.27. The number of nitrogens with one attached hydrogen (secondary N) is 1. The van der Waals surface area contributed by atoms with Gasteiger partial charge in [-0.05, 0) is 24.5 Å². The van der Waals surface area contributed by atoms with Crippen molar-refractivity contribution in [3.8, 4) is 5.75 Å². The molecule has 1 aliphatic rings. The van der Waals surface area contributed by atoms with E-state index in [0.717, 1.165) is 25.5 Å². The van der Waals surface area contributed by atoms with Crippen molar-refractivity contribution >= 4 is 29.9 Å². The average Bonchev–Trinajstić information content (AvgIpc) is 3.17. The highest BCUT2D eigenvalue weighted by Gasteiger charge is 2.28. The number of guanidine groups is 1. The molecule has 27 heavy (non-hydrogen) atoms. The lowest BCUT2D eigenvalue weighted by atomic mass is 9.93. The van der Waals surface area contributed by atoms with Crippen LogP contribution < -0.4 is 10.1 Å². The summed E-state index contributed by atoms with van der Waals surface area (Å²) in [5.41, 5.74) is 0. The van der Waals surface area contributed by atoms with Crippen molar-refractivity contribution in [3.05, 3.63) is 48.8 Å². The zero-order valence-electron chi connectivity index (χ0n) is 15.7. The Kier molecular flexibility index (Phi) is 8.33. The van der Waals surface area contributed by atoms with Crippen molar-refractivity contribution in [2.24, 2.45) is 10.9 Å². The number of hydrogen-bond acceptors (Lipinski definition) is 3. The Bertz CT molecular complexity index is 725. The fourth-order valence-electron chi connectivity index (χ4n) is 3.32. The second-order valence-corrected chi connectivity index (χ2v) is 6.57. The Balaban J connectivity index is 0.00000261. The van der Waals surface area contributed by atoms with Crippen LogP contribution >= 0.6 is 24.0 Å². The molecule has 3 rings (SSSR count). The molecule has 2 atom stereocenters. The molecule has 6 nitrogen and oxygen atoms in total. The first-order valence-electron chi connectivity index (χ1n) is 8.99. The van der Waals surface area contributed by atoms with Crippen LogP contribution in [0.2, 0.25) is 0 Å². The Hall–Kier alpha value is -1.84. The first kappa shape index (κ1) is 21.5. The maximum absolute atomic E-state index is 13.2. The molecule has 1 N–H and O–H groups in total. The molecule has 1 aromatic carbocycles. The van der Waals surface area contributed by atoms with Crippen LogP contribution in [-0.4, -0.2) is 53.7 Å². The summed E-state index contributed by atoms with van der Waals surface area (Å²) < 4.78 is 20.9. The Morgan fingerprint density at radius 2 is 2.30 bits per heavy atom. The second-order valence-electron chi connectivity index (χ2n) is 6.57. The van der Waals surface area contributed by atoms with Gasteiger partial charge in [0.05, 0.1) is 18.9 Å². The number of nitrogens with zero attached hydrogens (tertiary/aromatic N) is 4. The number of aliphatic imine (C=N–C) groups is 1. The molecule has 0 aliphatic carbocycles. The van der Waals surface area contributed by atoms with Gasteiger partial charge in [-0.3, -0.25) is 4.99 Å². The lowest BCUT2D eigenvalue weighted by molar-refractivity contribution is 0.188.